The number of nitrogens with zero attached hydrogens (tertiary/aromatic N) is 7. The van der Waals surface area contributed by atoms with Crippen molar-refractivity contribution in [3.63, 3.8) is 0 Å². The summed E-state index contributed by atoms with van der Waals surface area (Å²) in [6, 6.07) is 3.44. The molecule has 4 atom stereocenters. The summed E-state index contributed by atoms with van der Waals surface area (Å²) in [6.07, 6.45) is 0.361. The molecule has 2 aromatic rings. The molecule has 182 valence electrons. The molecule has 2 heterocycles. The summed E-state index contributed by atoms with van der Waals surface area (Å²) < 4.78 is 0. The average Bonchev–Trinajstić information content (AvgIpc) is 2.82. The van der Waals surface area contributed by atoms with Gasteiger partial charge in [-0.15, -0.1) is 0 Å². The van der Waals surface area contributed by atoms with E-state index in [0.717, 1.165) is 0 Å². The van der Waals surface area contributed by atoms with Gasteiger partial charge in [-0.25, -0.2) is 0 Å². The molecule has 0 saturated carbocycles. The van der Waals surface area contributed by atoms with Gasteiger partial charge in [0.1, 0.15) is 17.9 Å². The molecule has 3 rings (SSSR count). The molecule has 0 amide bonds. The van der Waals surface area contributed by atoms with Crippen LogP contribution < -0.4 is 5.32 Å². The van der Waals surface area contributed by atoms with E-state index in [4.69, 9.17) is 5.53 Å². The van der Waals surface area contributed by atoms with Crippen molar-refractivity contribution < 1.29 is 25.3 Å². The number of anilines is 1. The van der Waals surface area contributed by atoms with Crippen LogP contribution in [-0.4, -0.2) is 90.8 Å². The smallest absolute Gasteiger partial charge is 0.292 e. The van der Waals surface area contributed by atoms with E-state index in [1.165, 1.54) is 18.2 Å². The predicted molar refractivity (Wildman–Crippen MR) is 120 cm³/mol. The summed E-state index contributed by atoms with van der Waals surface area (Å²) in [7, 11) is 0. The molecule has 1 aliphatic heterocycles. The molecule has 0 unspecified atom stereocenters. The van der Waals surface area contributed by atoms with Gasteiger partial charge in [0.2, 0.25) is 0 Å². The van der Waals surface area contributed by atoms with Crippen LogP contribution in [0.3, 0.4) is 0 Å². The van der Waals surface area contributed by atoms with Crippen molar-refractivity contribution >= 4 is 17.1 Å². The number of piperidine rings is 1. The van der Waals surface area contributed by atoms with Crippen LogP contribution in [0.4, 0.5) is 17.1 Å². The van der Waals surface area contributed by atoms with Gasteiger partial charge in [0.25, 0.3) is 5.69 Å². The van der Waals surface area contributed by atoms with Crippen LogP contribution in [0.2, 0.25) is 0 Å². The Morgan fingerprint density at radius 3 is 2.65 bits per heavy atom. The van der Waals surface area contributed by atoms with Crippen molar-refractivity contribution in [3.8, 4) is 0 Å². The maximum atomic E-state index is 11.3. The number of aliphatic hydroxyl groups excluding tert-OH is 4. The third-order valence-corrected chi connectivity index (χ3v) is 5.64. The Bertz CT molecular complexity index is 1050. The summed E-state index contributed by atoms with van der Waals surface area (Å²) in [5.41, 5.74) is 10.0. The number of nitro groups is 1. The number of azide groups is 1. The van der Waals surface area contributed by atoms with Crippen molar-refractivity contribution in [2.75, 3.05) is 31.6 Å². The molecule has 1 aliphatic rings. The molecule has 1 aromatic heterocycles. The van der Waals surface area contributed by atoms with Gasteiger partial charge >= 0.3 is 0 Å². The van der Waals surface area contributed by atoms with Crippen LogP contribution in [-0.2, 0) is 12.8 Å². The van der Waals surface area contributed by atoms with Gasteiger partial charge in [-0.05, 0) is 11.6 Å². The van der Waals surface area contributed by atoms with E-state index >= 15 is 0 Å². The number of aromatic nitrogens is 2. The molecular weight excluding hydrogens is 448 g/mol. The molecule has 1 fully saturated rings. The lowest BCUT2D eigenvalue weighted by molar-refractivity contribution is -0.383. The average molecular weight is 474 g/mol. The normalized spacial score (nSPS) is 22.7. The first-order chi connectivity index (χ1) is 16.3. The molecule has 5 N–H and O–H groups in total. The molecule has 0 aliphatic carbocycles. The zero-order valence-corrected chi connectivity index (χ0v) is 18.2. The predicted octanol–water partition coefficient (Wildman–Crippen LogP) is 0.283. The molecule has 1 aromatic carbocycles. The van der Waals surface area contributed by atoms with E-state index in [9.17, 15) is 30.5 Å². The molecule has 0 bridgehead atoms. The fourth-order valence-corrected chi connectivity index (χ4v) is 3.85. The van der Waals surface area contributed by atoms with Crippen LogP contribution in [0, 0.1) is 10.1 Å². The van der Waals surface area contributed by atoms with Gasteiger partial charge in [0.15, 0.2) is 0 Å². The number of benzene rings is 1. The van der Waals surface area contributed by atoms with Gasteiger partial charge in [0.05, 0.1) is 35.1 Å². The first-order valence-corrected chi connectivity index (χ1v) is 10.6. The van der Waals surface area contributed by atoms with E-state index < -0.39 is 29.3 Å². The first-order valence-electron chi connectivity index (χ1n) is 10.6. The van der Waals surface area contributed by atoms with E-state index in [1.54, 1.807) is 17.3 Å². The monoisotopic (exact) mass is 474 g/mol. The van der Waals surface area contributed by atoms with Crippen molar-refractivity contribution in [1.29, 1.82) is 0 Å². The van der Waals surface area contributed by atoms with Crippen molar-refractivity contribution in [1.82, 2.24) is 14.9 Å². The number of nitro benzene ring substituents is 1. The highest BCUT2D eigenvalue weighted by Crippen LogP contribution is 2.29. The minimum absolute atomic E-state index is 0.109. The van der Waals surface area contributed by atoms with Gasteiger partial charge < -0.3 is 25.7 Å². The Morgan fingerprint density at radius 1 is 1.24 bits per heavy atom. The summed E-state index contributed by atoms with van der Waals surface area (Å²) in [5.74, 6) is 0. The minimum Gasteiger partial charge on any atom is -0.395 e. The fraction of sp³-hybridized carbons (Fsp3) is 0.500. The molecule has 0 radical (unpaired) electrons. The lowest BCUT2D eigenvalue weighted by Crippen LogP contribution is -2.62. The number of aliphatic hydroxyl groups is 4. The summed E-state index contributed by atoms with van der Waals surface area (Å²) in [4.78, 5) is 23.8. The number of nitrogens with one attached hydrogen (secondary N) is 1. The second-order valence-electron chi connectivity index (χ2n) is 7.87. The summed E-state index contributed by atoms with van der Waals surface area (Å²) >= 11 is 0. The van der Waals surface area contributed by atoms with Crippen molar-refractivity contribution in [3.05, 3.63) is 62.5 Å². The number of β-amino-alcohol motifs (C(OH)–C–C–N with tert-alkyl or cyclic N) is 1. The van der Waals surface area contributed by atoms with Crippen LogP contribution in [0.25, 0.3) is 10.4 Å². The van der Waals surface area contributed by atoms with Crippen LogP contribution >= 0.6 is 0 Å². The third-order valence-electron chi connectivity index (χ3n) is 5.64. The Balaban J connectivity index is 1.58. The van der Waals surface area contributed by atoms with Crippen molar-refractivity contribution in [2.24, 2.45) is 5.11 Å². The molecule has 1 saturated heterocycles. The Hall–Kier alpha value is -3.39. The van der Waals surface area contributed by atoms with Gasteiger partial charge in [-0.3, -0.25) is 25.0 Å². The zero-order valence-electron chi connectivity index (χ0n) is 18.2. The van der Waals surface area contributed by atoms with Gasteiger partial charge in [-0.2, -0.15) is 0 Å². The molecule has 0 spiro atoms. The summed E-state index contributed by atoms with van der Waals surface area (Å²) in [5, 5.41) is 57.1. The molecular formula is C20H26N8O6. The van der Waals surface area contributed by atoms with E-state index in [0.29, 0.717) is 37.3 Å². The quantitative estimate of drug-likeness (QED) is 0.104. The van der Waals surface area contributed by atoms with E-state index in [2.05, 4.69) is 25.3 Å². The highest BCUT2D eigenvalue weighted by atomic mass is 16.6. The first kappa shape index (κ1) is 25.2. The third kappa shape index (κ3) is 6.14. The maximum absolute atomic E-state index is 11.3. The zero-order chi connectivity index (χ0) is 24.7. The number of likely N-dealkylation sites (tertiary alicyclic amines) is 1. The Labute approximate surface area is 194 Å². The second kappa shape index (κ2) is 11.7. The molecule has 14 nitrogen and oxygen atoms in total. The maximum Gasteiger partial charge on any atom is 0.292 e. The minimum atomic E-state index is -1.31. The Kier molecular flexibility index (Phi) is 8.65. The van der Waals surface area contributed by atoms with Gasteiger partial charge in [0, 0.05) is 61.5 Å². The SMILES string of the molecule is [N-]=[N+]=Nc1ccc(NCCc2cncc(CCN3C[C@H](O)[C@@H](O)[C@H](O)[C@H]3CO)n2)c([N+](=O)[O-])c1. The molecule has 14 heteroatoms. The summed E-state index contributed by atoms with van der Waals surface area (Å²) in [6.45, 7) is 0.469. The number of hydrogen-bond acceptors (Lipinski definition) is 11. The largest absolute Gasteiger partial charge is 0.395 e. The second-order valence-corrected chi connectivity index (χ2v) is 7.87. The lowest BCUT2D eigenvalue weighted by Gasteiger charge is -2.43. The van der Waals surface area contributed by atoms with E-state index in [-0.39, 0.29) is 30.2 Å². The standard InChI is InChI=1S/C20H26N8O6/c21-26-25-12-1-2-15(16(7-12)28(33)34)23-5-3-13-8-22-9-14(24-13)4-6-27-10-18(30)20(32)19(31)17(27)11-29/h1-2,7-9,17-20,23,29-32H,3-6,10-11H2/t17-,18+,19-,20-/m1/s1. The molecule has 34 heavy (non-hydrogen) atoms. The van der Waals surface area contributed by atoms with Crippen LogP contribution in [0.5, 0.6) is 0 Å². The topological polar surface area (TPSA) is 214 Å². The lowest BCUT2D eigenvalue weighted by atomic mass is 9.94. The highest BCUT2D eigenvalue weighted by Gasteiger charge is 2.40. The number of rotatable bonds is 10. The van der Waals surface area contributed by atoms with Gasteiger partial charge in [-0.1, -0.05) is 11.2 Å². The highest BCUT2D eigenvalue weighted by molar-refractivity contribution is 5.66. The van der Waals surface area contributed by atoms with Crippen LogP contribution in [0.15, 0.2) is 35.7 Å². The van der Waals surface area contributed by atoms with Crippen molar-refractivity contribution in [2.45, 2.75) is 37.2 Å². The number of hydrogen-bond donors (Lipinski definition) is 5. The Morgan fingerprint density at radius 2 is 1.97 bits per heavy atom. The fourth-order valence-electron chi connectivity index (χ4n) is 3.85. The van der Waals surface area contributed by atoms with Crippen LogP contribution in [0.1, 0.15) is 11.4 Å². The van der Waals surface area contributed by atoms with E-state index in [1.807, 2.05) is 0 Å².